The zero-order chi connectivity index (χ0) is 17.9. The van der Waals surface area contributed by atoms with Crippen molar-refractivity contribution in [3.05, 3.63) is 77.5 Å². The van der Waals surface area contributed by atoms with Crippen LogP contribution in [0.4, 0.5) is 0 Å². The van der Waals surface area contributed by atoms with Crippen LogP contribution in [0.3, 0.4) is 0 Å². The molecule has 1 atom stereocenters. The van der Waals surface area contributed by atoms with Crippen molar-refractivity contribution < 1.29 is 4.74 Å². The number of nitrogens with one attached hydrogen (secondary N) is 1. The van der Waals surface area contributed by atoms with Crippen LogP contribution >= 0.6 is 0 Å². The summed E-state index contributed by atoms with van der Waals surface area (Å²) in [5.41, 5.74) is 4.90. The van der Waals surface area contributed by atoms with Gasteiger partial charge in [-0.05, 0) is 0 Å². The summed E-state index contributed by atoms with van der Waals surface area (Å²) in [5.74, 6) is 0.397. The monoisotopic (exact) mass is 402 g/mol. The second-order valence-electron chi connectivity index (χ2n) is 6.82. The molecule has 132 valence electrons. The molecule has 1 N–H and O–H groups in total. The molecular weight excluding hydrogens is 375 g/mol. The SMILES string of the molecule is CC(C)C1=C(c2ccccc2)NC(C)([SeH])N1COCc1ccccc1. The van der Waals surface area contributed by atoms with Crippen LogP contribution in [-0.4, -0.2) is 32.2 Å². The predicted octanol–water partition coefficient (Wildman–Crippen LogP) is 3.67. The minimum atomic E-state index is -0.242. The Kier molecular flexibility index (Phi) is 5.53. The Hall–Kier alpha value is -1.74. The second kappa shape index (κ2) is 7.65. The van der Waals surface area contributed by atoms with E-state index in [1.165, 1.54) is 22.5 Å². The summed E-state index contributed by atoms with van der Waals surface area (Å²) in [6.07, 6.45) is 0. The third-order valence-corrected chi connectivity index (χ3v) is 5.12. The van der Waals surface area contributed by atoms with E-state index in [2.05, 4.69) is 89.5 Å². The van der Waals surface area contributed by atoms with Crippen molar-refractivity contribution >= 4 is 21.7 Å². The molecule has 0 radical (unpaired) electrons. The van der Waals surface area contributed by atoms with Crippen molar-refractivity contribution in [2.75, 3.05) is 6.73 Å². The Morgan fingerprint density at radius 1 is 1.04 bits per heavy atom. The summed E-state index contributed by atoms with van der Waals surface area (Å²) < 4.78 is 5.80. The van der Waals surface area contributed by atoms with Crippen molar-refractivity contribution in [3.63, 3.8) is 0 Å². The van der Waals surface area contributed by atoms with E-state index in [1.54, 1.807) is 0 Å². The molecule has 2 aromatic rings. The van der Waals surface area contributed by atoms with E-state index in [1.807, 2.05) is 18.2 Å². The third kappa shape index (κ3) is 4.09. The Morgan fingerprint density at radius 2 is 1.64 bits per heavy atom. The van der Waals surface area contributed by atoms with Gasteiger partial charge in [0.1, 0.15) is 0 Å². The first-order chi connectivity index (χ1) is 12.0. The number of nitrogens with zero attached hydrogens (tertiary/aromatic N) is 1. The van der Waals surface area contributed by atoms with Gasteiger partial charge >= 0.3 is 159 Å². The average molecular weight is 401 g/mol. The summed E-state index contributed by atoms with van der Waals surface area (Å²) in [4.78, 5) is 2.32. The fourth-order valence-corrected chi connectivity index (χ4v) is 3.77. The molecule has 0 bridgehead atoms. The van der Waals surface area contributed by atoms with Crippen LogP contribution in [0.1, 0.15) is 31.9 Å². The normalized spacial score (nSPS) is 20.3. The number of benzene rings is 2. The number of rotatable bonds is 6. The van der Waals surface area contributed by atoms with Crippen LogP contribution in [0.5, 0.6) is 0 Å². The number of hydrogen-bond donors (Lipinski definition) is 1. The van der Waals surface area contributed by atoms with Gasteiger partial charge in [0.25, 0.3) is 0 Å². The first kappa shape index (κ1) is 18.1. The molecule has 0 aromatic heterocycles. The van der Waals surface area contributed by atoms with Gasteiger partial charge in [-0.15, -0.1) is 0 Å². The van der Waals surface area contributed by atoms with Crippen LogP contribution in [-0.2, 0) is 11.3 Å². The molecule has 25 heavy (non-hydrogen) atoms. The first-order valence-corrected chi connectivity index (χ1v) is 9.62. The zero-order valence-corrected chi connectivity index (χ0v) is 16.9. The molecule has 4 heteroatoms. The molecule has 1 aliphatic heterocycles. The van der Waals surface area contributed by atoms with Crippen LogP contribution in [0, 0.1) is 5.92 Å². The summed E-state index contributed by atoms with van der Waals surface area (Å²) in [6.45, 7) is 7.82. The van der Waals surface area contributed by atoms with Gasteiger partial charge in [0.15, 0.2) is 0 Å². The van der Waals surface area contributed by atoms with Crippen molar-refractivity contribution in [2.24, 2.45) is 5.92 Å². The fraction of sp³-hybridized carbons (Fsp3) is 0.333. The van der Waals surface area contributed by atoms with Gasteiger partial charge in [0.2, 0.25) is 0 Å². The van der Waals surface area contributed by atoms with E-state index in [-0.39, 0.29) is 4.56 Å². The number of ether oxygens (including phenoxy) is 1. The van der Waals surface area contributed by atoms with E-state index in [4.69, 9.17) is 4.74 Å². The molecule has 3 rings (SSSR count). The van der Waals surface area contributed by atoms with Crippen molar-refractivity contribution in [1.82, 2.24) is 10.2 Å². The summed E-state index contributed by atoms with van der Waals surface area (Å²) in [7, 11) is 0. The molecule has 1 heterocycles. The van der Waals surface area contributed by atoms with Gasteiger partial charge in [-0.1, -0.05) is 0 Å². The predicted molar refractivity (Wildman–Crippen MR) is 105 cm³/mol. The molecule has 0 saturated carbocycles. The van der Waals surface area contributed by atoms with Crippen molar-refractivity contribution in [1.29, 1.82) is 0 Å². The maximum absolute atomic E-state index is 6.05. The number of allylic oxidation sites excluding steroid dienone is 1. The summed E-state index contributed by atoms with van der Waals surface area (Å²) in [6, 6.07) is 20.8. The van der Waals surface area contributed by atoms with Gasteiger partial charge in [0, 0.05) is 0 Å². The van der Waals surface area contributed by atoms with E-state index in [9.17, 15) is 0 Å². The van der Waals surface area contributed by atoms with Crippen molar-refractivity contribution in [3.8, 4) is 0 Å². The van der Waals surface area contributed by atoms with E-state index < -0.39 is 0 Å². The van der Waals surface area contributed by atoms with Gasteiger partial charge in [0.05, 0.1) is 0 Å². The van der Waals surface area contributed by atoms with Gasteiger partial charge in [-0.25, -0.2) is 0 Å². The molecule has 3 nitrogen and oxygen atoms in total. The molecule has 0 fully saturated rings. The molecule has 0 spiro atoms. The number of hydrogen-bond acceptors (Lipinski definition) is 3. The van der Waals surface area contributed by atoms with Gasteiger partial charge < -0.3 is 0 Å². The van der Waals surface area contributed by atoms with Crippen molar-refractivity contribution in [2.45, 2.75) is 31.9 Å². The van der Waals surface area contributed by atoms with Gasteiger partial charge in [-0.3, -0.25) is 0 Å². The van der Waals surface area contributed by atoms with E-state index in [0.717, 1.165) is 0 Å². The minimum absolute atomic E-state index is 0.242. The molecule has 1 unspecified atom stereocenters. The fourth-order valence-electron chi connectivity index (χ4n) is 3.19. The van der Waals surface area contributed by atoms with Crippen LogP contribution in [0.2, 0.25) is 0 Å². The Labute approximate surface area is 158 Å². The topological polar surface area (TPSA) is 24.5 Å². The van der Waals surface area contributed by atoms with Crippen LogP contribution < -0.4 is 5.32 Å². The average Bonchev–Trinajstić information content (AvgIpc) is 2.88. The Balaban J connectivity index is 1.81. The standard InChI is InChI=1S/C21H26N2OSe/c1-16(2)20-19(18-12-8-5-9-13-18)22-21(3,25)23(20)15-24-14-17-10-6-4-7-11-17/h4-13,16,22,25H,14-15H2,1-3H3. The molecule has 1 aliphatic rings. The Bertz CT molecular complexity index is 726. The zero-order valence-electron chi connectivity index (χ0n) is 15.1. The van der Waals surface area contributed by atoms with E-state index >= 15 is 0 Å². The second-order valence-corrected chi connectivity index (χ2v) is 8.65. The molecule has 0 amide bonds. The molecule has 0 aliphatic carbocycles. The van der Waals surface area contributed by atoms with E-state index in [0.29, 0.717) is 19.3 Å². The maximum atomic E-state index is 6.05. The summed E-state index contributed by atoms with van der Waals surface area (Å²) in [5, 5.41) is 3.67. The summed E-state index contributed by atoms with van der Waals surface area (Å²) >= 11 is 2.75. The van der Waals surface area contributed by atoms with Gasteiger partial charge in [-0.2, -0.15) is 0 Å². The molecular formula is C21H26N2OSe. The quantitative estimate of drug-likeness (QED) is 0.748. The third-order valence-electron chi connectivity index (χ3n) is 4.38. The van der Waals surface area contributed by atoms with Crippen LogP contribution in [0.15, 0.2) is 66.4 Å². The molecule has 2 aromatic carbocycles. The first-order valence-electron chi connectivity index (χ1n) is 8.68. The van der Waals surface area contributed by atoms with Crippen LogP contribution in [0.25, 0.3) is 5.70 Å². The Morgan fingerprint density at radius 3 is 2.24 bits per heavy atom. The molecule has 0 saturated heterocycles.